The van der Waals surface area contributed by atoms with Crippen molar-refractivity contribution in [1.82, 2.24) is 0 Å². The molecule has 0 aliphatic heterocycles. The highest BCUT2D eigenvalue weighted by molar-refractivity contribution is 6.44. The van der Waals surface area contributed by atoms with Crippen LogP contribution in [0.15, 0.2) is 48.0 Å². The number of nitrogens with one attached hydrogen (secondary N) is 1. The number of carbonyl (C=O) groups excluding carboxylic acids is 1. The molecule has 0 unspecified atom stereocenters. The maximum absolute atomic E-state index is 12.7. The van der Waals surface area contributed by atoms with E-state index < -0.39 is 17.6 Å². The van der Waals surface area contributed by atoms with Gasteiger partial charge in [0.15, 0.2) is 0 Å². The topological polar surface area (TPSA) is 52.9 Å². The second-order valence-corrected chi connectivity index (χ2v) is 5.63. The number of hydrogen-bond acceptors (Lipinski definition) is 2. The van der Waals surface area contributed by atoms with E-state index in [0.717, 1.165) is 18.2 Å². The van der Waals surface area contributed by atoms with Crippen LogP contribution in [-0.2, 0) is 11.0 Å². The SMILES string of the molecule is N#C/C(=C/c1cccc(C(F)(F)F)c1)C(=O)Nc1cccc(Cl)c1Cl. The van der Waals surface area contributed by atoms with E-state index in [1.54, 1.807) is 12.1 Å². The number of rotatable bonds is 3. The lowest BCUT2D eigenvalue weighted by molar-refractivity contribution is -0.137. The number of nitrogens with zero attached hydrogens (tertiary/aromatic N) is 1. The second-order valence-electron chi connectivity index (χ2n) is 4.85. The third-order valence-corrected chi connectivity index (χ3v) is 3.91. The molecular weight excluding hydrogens is 376 g/mol. The zero-order valence-corrected chi connectivity index (χ0v) is 13.9. The fourth-order valence-electron chi connectivity index (χ4n) is 1.91. The molecule has 0 saturated heterocycles. The van der Waals surface area contributed by atoms with Crippen LogP contribution in [0, 0.1) is 11.3 Å². The molecule has 2 rings (SSSR count). The highest BCUT2D eigenvalue weighted by atomic mass is 35.5. The number of amides is 1. The van der Waals surface area contributed by atoms with Crippen molar-refractivity contribution in [1.29, 1.82) is 5.26 Å². The van der Waals surface area contributed by atoms with Crippen LogP contribution >= 0.6 is 23.2 Å². The Hall–Kier alpha value is -2.49. The summed E-state index contributed by atoms with van der Waals surface area (Å²) >= 11 is 11.8. The molecule has 0 saturated carbocycles. The Morgan fingerprint density at radius 1 is 1.16 bits per heavy atom. The Morgan fingerprint density at radius 3 is 2.48 bits per heavy atom. The van der Waals surface area contributed by atoms with Crippen LogP contribution in [0.4, 0.5) is 18.9 Å². The van der Waals surface area contributed by atoms with Gasteiger partial charge in [-0.05, 0) is 35.9 Å². The van der Waals surface area contributed by atoms with E-state index >= 15 is 0 Å². The number of alkyl halides is 3. The predicted octanol–water partition coefficient (Wildman–Crippen LogP) is 5.56. The van der Waals surface area contributed by atoms with Gasteiger partial charge in [0, 0.05) is 0 Å². The molecule has 0 aliphatic rings. The van der Waals surface area contributed by atoms with Crippen LogP contribution in [0.5, 0.6) is 0 Å². The fourth-order valence-corrected chi connectivity index (χ4v) is 2.26. The molecule has 3 nitrogen and oxygen atoms in total. The lowest BCUT2D eigenvalue weighted by Crippen LogP contribution is -2.14. The van der Waals surface area contributed by atoms with E-state index in [1.807, 2.05) is 0 Å². The minimum absolute atomic E-state index is 0.0683. The first-order chi connectivity index (χ1) is 11.7. The number of carbonyl (C=O) groups is 1. The van der Waals surface area contributed by atoms with Gasteiger partial charge in [-0.25, -0.2) is 0 Å². The van der Waals surface area contributed by atoms with Gasteiger partial charge >= 0.3 is 6.18 Å². The molecule has 0 atom stereocenters. The molecule has 1 N–H and O–H groups in total. The van der Waals surface area contributed by atoms with Crippen molar-refractivity contribution in [2.45, 2.75) is 6.18 Å². The summed E-state index contributed by atoms with van der Waals surface area (Å²) in [7, 11) is 0. The van der Waals surface area contributed by atoms with E-state index in [1.165, 1.54) is 24.3 Å². The number of halogens is 5. The van der Waals surface area contributed by atoms with Crippen molar-refractivity contribution in [2.75, 3.05) is 5.32 Å². The maximum Gasteiger partial charge on any atom is 0.416 e. The van der Waals surface area contributed by atoms with Crippen LogP contribution in [0.1, 0.15) is 11.1 Å². The number of hydrogen-bond donors (Lipinski definition) is 1. The van der Waals surface area contributed by atoms with Crippen molar-refractivity contribution in [3.8, 4) is 6.07 Å². The van der Waals surface area contributed by atoms with Crippen LogP contribution in [0.3, 0.4) is 0 Å². The van der Waals surface area contributed by atoms with E-state index in [9.17, 15) is 18.0 Å². The standard InChI is InChI=1S/C17H9Cl2F3N2O/c18-13-5-2-6-14(15(13)19)24-16(25)11(9-23)7-10-3-1-4-12(8-10)17(20,21)22/h1-8H,(H,24,25)/b11-7-. The van der Waals surface area contributed by atoms with Gasteiger partial charge < -0.3 is 5.32 Å². The molecule has 1 amide bonds. The minimum atomic E-state index is -4.52. The Morgan fingerprint density at radius 2 is 1.84 bits per heavy atom. The van der Waals surface area contributed by atoms with E-state index in [4.69, 9.17) is 28.5 Å². The van der Waals surface area contributed by atoms with Gasteiger partial charge in [0.05, 0.1) is 21.3 Å². The summed E-state index contributed by atoms with van der Waals surface area (Å²) < 4.78 is 38.2. The van der Waals surface area contributed by atoms with Crippen molar-refractivity contribution in [3.05, 3.63) is 69.2 Å². The highest BCUT2D eigenvalue weighted by Gasteiger charge is 2.30. The first-order valence-corrected chi connectivity index (χ1v) is 7.52. The summed E-state index contributed by atoms with van der Waals surface area (Å²) in [6.07, 6.45) is -3.46. The second kappa shape index (κ2) is 7.60. The highest BCUT2D eigenvalue weighted by Crippen LogP contribution is 2.31. The van der Waals surface area contributed by atoms with Crippen LogP contribution in [0.2, 0.25) is 10.0 Å². The molecule has 0 aromatic heterocycles. The van der Waals surface area contributed by atoms with Gasteiger partial charge in [0.25, 0.3) is 5.91 Å². The summed E-state index contributed by atoms with van der Waals surface area (Å²) in [5.41, 5.74) is -1.00. The zero-order valence-electron chi connectivity index (χ0n) is 12.4. The maximum atomic E-state index is 12.7. The van der Waals surface area contributed by atoms with Crippen LogP contribution in [0.25, 0.3) is 6.08 Å². The number of benzene rings is 2. The Kier molecular flexibility index (Phi) is 5.73. The molecule has 0 radical (unpaired) electrons. The van der Waals surface area contributed by atoms with Gasteiger partial charge in [0.1, 0.15) is 11.6 Å². The Balaban J connectivity index is 2.30. The third kappa shape index (κ3) is 4.75. The smallest absolute Gasteiger partial charge is 0.320 e. The fraction of sp³-hybridized carbons (Fsp3) is 0.0588. The lowest BCUT2D eigenvalue weighted by atomic mass is 10.1. The van der Waals surface area contributed by atoms with Gasteiger partial charge in [-0.2, -0.15) is 18.4 Å². The van der Waals surface area contributed by atoms with Gasteiger partial charge in [-0.15, -0.1) is 0 Å². The molecule has 8 heteroatoms. The Labute approximate surface area is 151 Å². The molecule has 0 bridgehead atoms. The summed E-state index contributed by atoms with van der Waals surface area (Å²) in [5, 5.41) is 11.8. The summed E-state index contributed by atoms with van der Waals surface area (Å²) in [6.45, 7) is 0. The summed E-state index contributed by atoms with van der Waals surface area (Å²) in [6, 6.07) is 10.5. The molecule has 0 spiro atoms. The average molecular weight is 385 g/mol. The van der Waals surface area contributed by atoms with E-state index in [2.05, 4.69) is 5.32 Å². The van der Waals surface area contributed by atoms with Crippen molar-refractivity contribution in [2.24, 2.45) is 0 Å². The Bertz CT molecular complexity index is 886. The zero-order chi connectivity index (χ0) is 18.6. The van der Waals surface area contributed by atoms with Gasteiger partial charge in [-0.3, -0.25) is 4.79 Å². The largest absolute Gasteiger partial charge is 0.416 e. The average Bonchev–Trinajstić information content (AvgIpc) is 2.56. The number of anilines is 1. The molecule has 2 aromatic carbocycles. The molecular formula is C17H9Cl2F3N2O. The monoisotopic (exact) mass is 384 g/mol. The lowest BCUT2D eigenvalue weighted by Gasteiger charge is -2.08. The molecule has 0 heterocycles. The quantitative estimate of drug-likeness (QED) is 0.556. The number of nitriles is 1. The van der Waals surface area contributed by atoms with Gasteiger partial charge in [-0.1, -0.05) is 41.4 Å². The molecule has 25 heavy (non-hydrogen) atoms. The van der Waals surface area contributed by atoms with Crippen LogP contribution < -0.4 is 5.32 Å². The first kappa shape index (κ1) is 18.8. The normalized spacial score (nSPS) is 11.8. The summed E-state index contributed by atoms with van der Waals surface area (Å²) in [5.74, 6) is -0.816. The first-order valence-electron chi connectivity index (χ1n) is 6.77. The van der Waals surface area contributed by atoms with Gasteiger partial charge in [0.2, 0.25) is 0 Å². The summed E-state index contributed by atoms with van der Waals surface area (Å²) in [4.78, 5) is 12.2. The van der Waals surface area contributed by atoms with Crippen molar-refractivity contribution >= 4 is 40.9 Å². The predicted molar refractivity (Wildman–Crippen MR) is 90.1 cm³/mol. The van der Waals surface area contributed by atoms with Crippen molar-refractivity contribution in [3.63, 3.8) is 0 Å². The van der Waals surface area contributed by atoms with E-state index in [-0.39, 0.29) is 26.9 Å². The third-order valence-electron chi connectivity index (χ3n) is 3.09. The molecule has 0 aliphatic carbocycles. The molecule has 2 aromatic rings. The minimum Gasteiger partial charge on any atom is -0.320 e. The van der Waals surface area contributed by atoms with Crippen molar-refractivity contribution < 1.29 is 18.0 Å². The van der Waals surface area contributed by atoms with Crippen LogP contribution in [-0.4, -0.2) is 5.91 Å². The molecule has 128 valence electrons. The molecule has 0 fully saturated rings. The van der Waals surface area contributed by atoms with E-state index in [0.29, 0.717) is 0 Å².